The molecule has 126 valence electrons. The summed E-state index contributed by atoms with van der Waals surface area (Å²) in [6, 6.07) is 4.61. The topological polar surface area (TPSA) is 90.7 Å². The monoisotopic (exact) mass is 340 g/mol. The number of nitrogens with zero attached hydrogens (tertiary/aromatic N) is 1. The molecule has 1 N–H and O–H groups in total. The second kappa shape index (κ2) is 7.01. The quantitative estimate of drug-likeness (QED) is 0.827. The van der Waals surface area contributed by atoms with Crippen molar-refractivity contribution in [1.29, 1.82) is 0 Å². The second-order valence-corrected chi connectivity index (χ2v) is 6.64. The van der Waals surface area contributed by atoms with E-state index in [0.717, 1.165) is 5.69 Å². The highest BCUT2D eigenvalue weighted by molar-refractivity contribution is 7.89. The van der Waals surface area contributed by atoms with Crippen molar-refractivity contribution in [2.45, 2.75) is 25.2 Å². The second-order valence-electron chi connectivity index (χ2n) is 4.91. The van der Waals surface area contributed by atoms with Gasteiger partial charge in [0.25, 0.3) is 0 Å². The number of hydrogen-bond acceptors (Lipinski definition) is 6. The zero-order chi connectivity index (χ0) is 17.0. The van der Waals surface area contributed by atoms with Crippen LogP contribution in [0.3, 0.4) is 0 Å². The number of ether oxygens (including phenoxy) is 2. The predicted octanol–water partition coefficient (Wildman–Crippen LogP) is 1.83. The molecule has 2 aromatic rings. The Balaban J connectivity index is 2.14. The standard InChI is InChI=1S/C15H20N2O5S/c1-10-13(22-11(2)17-10)7-8-16-23(18,19)15-9-12(20-3)5-6-14(15)21-4/h5-6,9,16H,7-8H2,1-4H3. The molecule has 2 rings (SSSR count). The first-order valence-corrected chi connectivity index (χ1v) is 8.50. The van der Waals surface area contributed by atoms with Crippen molar-refractivity contribution in [2.24, 2.45) is 0 Å². The van der Waals surface area contributed by atoms with Gasteiger partial charge in [-0.05, 0) is 19.1 Å². The summed E-state index contributed by atoms with van der Waals surface area (Å²) in [6.07, 6.45) is 0.415. The van der Waals surface area contributed by atoms with Crippen LogP contribution in [0.1, 0.15) is 17.3 Å². The molecule has 8 heteroatoms. The van der Waals surface area contributed by atoms with Gasteiger partial charge in [0.1, 0.15) is 22.2 Å². The maximum Gasteiger partial charge on any atom is 0.244 e. The van der Waals surface area contributed by atoms with Crippen LogP contribution in [0.4, 0.5) is 0 Å². The van der Waals surface area contributed by atoms with Gasteiger partial charge in [0.15, 0.2) is 5.89 Å². The molecule has 1 aromatic carbocycles. The molecule has 0 aliphatic carbocycles. The summed E-state index contributed by atoms with van der Waals surface area (Å²) in [4.78, 5) is 4.19. The minimum absolute atomic E-state index is 0.0322. The molecule has 0 amide bonds. The third-order valence-electron chi connectivity index (χ3n) is 3.30. The lowest BCUT2D eigenvalue weighted by atomic mass is 10.3. The average molecular weight is 340 g/mol. The molecular formula is C15H20N2O5S. The van der Waals surface area contributed by atoms with E-state index in [2.05, 4.69) is 9.71 Å². The molecule has 0 saturated carbocycles. The Labute approximate surface area is 135 Å². The zero-order valence-electron chi connectivity index (χ0n) is 13.5. The van der Waals surface area contributed by atoms with Gasteiger partial charge in [0.05, 0.1) is 19.9 Å². The van der Waals surface area contributed by atoms with Crippen LogP contribution in [-0.4, -0.2) is 34.2 Å². The van der Waals surface area contributed by atoms with Crippen molar-refractivity contribution in [2.75, 3.05) is 20.8 Å². The number of benzene rings is 1. The van der Waals surface area contributed by atoms with Gasteiger partial charge in [-0.2, -0.15) is 0 Å². The van der Waals surface area contributed by atoms with Gasteiger partial charge in [-0.1, -0.05) is 0 Å². The van der Waals surface area contributed by atoms with E-state index in [-0.39, 0.29) is 17.2 Å². The van der Waals surface area contributed by atoms with Gasteiger partial charge in [-0.3, -0.25) is 0 Å². The lowest BCUT2D eigenvalue weighted by Gasteiger charge is -2.11. The molecule has 0 atom stereocenters. The van der Waals surface area contributed by atoms with Gasteiger partial charge in [-0.25, -0.2) is 18.1 Å². The van der Waals surface area contributed by atoms with Crippen molar-refractivity contribution < 1.29 is 22.3 Å². The van der Waals surface area contributed by atoms with E-state index in [1.165, 1.54) is 20.3 Å². The fraction of sp³-hybridized carbons (Fsp3) is 0.400. The number of rotatable bonds is 7. The summed E-state index contributed by atoms with van der Waals surface area (Å²) in [5.41, 5.74) is 0.764. The lowest BCUT2D eigenvalue weighted by molar-refractivity contribution is 0.392. The maximum absolute atomic E-state index is 12.5. The first-order chi connectivity index (χ1) is 10.9. The number of nitrogens with one attached hydrogen (secondary N) is 1. The molecular weight excluding hydrogens is 320 g/mol. The van der Waals surface area contributed by atoms with Crippen molar-refractivity contribution >= 4 is 10.0 Å². The predicted molar refractivity (Wildman–Crippen MR) is 84.4 cm³/mol. The van der Waals surface area contributed by atoms with E-state index in [9.17, 15) is 8.42 Å². The molecule has 0 aliphatic heterocycles. The number of sulfonamides is 1. The van der Waals surface area contributed by atoms with Crippen molar-refractivity contribution in [1.82, 2.24) is 9.71 Å². The molecule has 0 spiro atoms. The van der Waals surface area contributed by atoms with Crippen LogP contribution in [0.25, 0.3) is 0 Å². The fourth-order valence-corrected chi connectivity index (χ4v) is 3.39. The first-order valence-electron chi connectivity index (χ1n) is 7.02. The third kappa shape index (κ3) is 4.02. The van der Waals surface area contributed by atoms with Crippen LogP contribution >= 0.6 is 0 Å². The summed E-state index contributed by atoms with van der Waals surface area (Å²) in [7, 11) is -0.838. The van der Waals surface area contributed by atoms with E-state index in [4.69, 9.17) is 13.9 Å². The minimum atomic E-state index is -3.73. The number of hydrogen-bond donors (Lipinski definition) is 1. The number of aromatic nitrogens is 1. The third-order valence-corrected chi connectivity index (χ3v) is 4.79. The van der Waals surface area contributed by atoms with E-state index >= 15 is 0 Å². The Morgan fingerprint density at radius 2 is 1.96 bits per heavy atom. The Hall–Kier alpha value is -2.06. The van der Waals surface area contributed by atoms with Crippen molar-refractivity contribution in [3.05, 3.63) is 35.5 Å². The Morgan fingerprint density at radius 1 is 1.22 bits per heavy atom. The molecule has 0 radical (unpaired) electrons. The van der Waals surface area contributed by atoms with Crippen molar-refractivity contribution in [3.63, 3.8) is 0 Å². The van der Waals surface area contributed by atoms with Crippen LogP contribution in [0.15, 0.2) is 27.5 Å². The molecule has 1 aromatic heterocycles. The SMILES string of the molecule is COc1ccc(OC)c(S(=O)(=O)NCCc2oc(C)nc2C)c1. The van der Waals surface area contributed by atoms with Gasteiger partial charge in [-0.15, -0.1) is 0 Å². The molecule has 0 saturated heterocycles. The number of aryl methyl sites for hydroxylation is 2. The molecule has 0 bridgehead atoms. The molecule has 0 unspecified atom stereocenters. The molecule has 23 heavy (non-hydrogen) atoms. The first kappa shape index (κ1) is 17.3. The number of methoxy groups -OCH3 is 2. The van der Waals surface area contributed by atoms with Gasteiger partial charge >= 0.3 is 0 Å². The highest BCUT2D eigenvalue weighted by Crippen LogP contribution is 2.27. The lowest BCUT2D eigenvalue weighted by Crippen LogP contribution is -2.26. The normalized spacial score (nSPS) is 11.5. The van der Waals surface area contributed by atoms with E-state index in [0.29, 0.717) is 23.8 Å². The largest absolute Gasteiger partial charge is 0.497 e. The summed E-state index contributed by atoms with van der Waals surface area (Å²) in [6.45, 7) is 3.77. The zero-order valence-corrected chi connectivity index (χ0v) is 14.4. The van der Waals surface area contributed by atoms with E-state index < -0.39 is 10.0 Å². The van der Waals surface area contributed by atoms with Crippen LogP contribution < -0.4 is 14.2 Å². The molecule has 0 aliphatic rings. The van der Waals surface area contributed by atoms with Gasteiger partial charge in [0.2, 0.25) is 10.0 Å². The smallest absolute Gasteiger partial charge is 0.244 e. The van der Waals surface area contributed by atoms with Crippen LogP contribution in [0, 0.1) is 13.8 Å². The number of oxazole rings is 1. The highest BCUT2D eigenvalue weighted by Gasteiger charge is 2.20. The van der Waals surface area contributed by atoms with Gasteiger partial charge < -0.3 is 13.9 Å². The fourth-order valence-electron chi connectivity index (χ4n) is 2.18. The Bertz CT molecular complexity index is 783. The van der Waals surface area contributed by atoms with E-state index in [1.807, 2.05) is 6.92 Å². The summed E-state index contributed by atoms with van der Waals surface area (Å²) in [5, 5.41) is 0. The van der Waals surface area contributed by atoms with E-state index in [1.54, 1.807) is 19.1 Å². The maximum atomic E-state index is 12.5. The molecule has 0 fully saturated rings. The minimum Gasteiger partial charge on any atom is -0.497 e. The Kier molecular flexibility index (Phi) is 5.27. The van der Waals surface area contributed by atoms with Crippen molar-refractivity contribution in [3.8, 4) is 11.5 Å². The summed E-state index contributed by atoms with van der Waals surface area (Å²) in [5.74, 6) is 1.93. The van der Waals surface area contributed by atoms with Gasteiger partial charge in [0, 0.05) is 26.0 Å². The summed E-state index contributed by atoms with van der Waals surface area (Å²) < 4.78 is 43.1. The van der Waals surface area contributed by atoms with Crippen LogP contribution in [-0.2, 0) is 16.4 Å². The Morgan fingerprint density at radius 3 is 2.52 bits per heavy atom. The molecule has 7 nitrogen and oxygen atoms in total. The highest BCUT2D eigenvalue weighted by atomic mass is 32.2. The molecule has 1 heterocycles. The van der Waals surface area contributed by atoms with Crippen LogP contribution in [0.5, 0.6) is 11.5 Å². The summed E-state index contributed by atoms with van der Waals surface area (Å²) >= 11 is 0. The van der Waals surface area contributed by atoms with Crippen LogP contribution in [0.2, 0.25) is 0 Å². The average Bonchev–Trinajstić information content (AvgIpc) is 2.84.